The molecule has 0 aliphatic heterocycles. The predicted molar refractivity (Wildman–Crippen MR) is 93.6 cm³/mol. The van der Waals surface area contributed by atoms with Gasteiger partial charge in [-0.25, -0.2) is 0 Å². The first kappa shape index (κ1) is 33.0. The van der Waals surface area contributed by atoms with Gasteiger partial charge in [-0.2, -0.15) is 13.0 Å². The zero-order valence-corrected chi connectivity index (χ0v) is 18.1. The Bertz CT molecular complexity index is 196. The van der Waals surface area contributed by atoms with E-state index in [1.54, 1.807) is 6.92 Å². The average Bonchev–Trinajstić information content (AvgIpc) is 2.41. The van der Waals surface area contributed by atoms with E-state index in [4.69, 9.17) is 5.73 Å². The van der Waals surface area contributed by atoms with Crippen LogP contribution in [0.1, 0.15) is 80.1 Å². The topological polar surface area (TPSA) is 40.9 Å². The summed E-state index contributed by atoms with van der Waals surface area (Å²) >= 11 is 0. The van der Waals surface area contributed by atoms with Gasteiger partial charge in [-0.1, -0.05) is 53.9 Å². The van der Waals surface area contributed by atoms with Crippen LogP contribution in [0.25, 0.3) is 5.73 Å². The maximum absolute atomic E-state index is 11.0. The molecule has 0 amide bonds. The molecule has 21 heavy (non-hydrogen) atoms. The summed E-state index contributed by atoms with van der Waals surface area (Å²) in [6.07, 6.45) is 10.6. The van der Waals surface area contributed by atoms with Gasteiger partial charge in [0, 0.05) is 45.0 Å². The van der Waals surface area contributed by atoms with E-state index in [1.165, 1.54) is 6.42 Å². The number of carbonyl (C=O) groups excluding carboxylic acids is 1. The Balaban J connectivity index is -0.0000000649. The van der Waals surface area contributed by atoms with Gasteiger partial charge in [0.2, 0.25) is 0 Å². The molecule has 1 radical (unpaired) electrons. The Labute approximate surface area is 160 Å². The molecule has 0 aliphatic carbocycles. The predicted octanol–water partition coefficient (Wildman–Crippen LogP) is 6.11. The molecule has 3 heteroatoms. The molecule has 1 N–H and O–H groups in total. The van der Waals surface area contributed by atoms with Crippen molar-refractivity contribution in [2.45, 2.75) is 80.1 Å². The standard InChI is InChI=1S/C9H17O.C3H8N.C3H8.C3H4.Y/c1-4-5-6-7-9(10)8(2)3;1-2-3-4;2*1-3-2;/h8H,1,4-7H2,2-3H3;4H,2-3H2,1H3;3H2,1-2H3;1H,2H3;/q2*-1;;;. The minimum Gasteiger partial charge on any atom is -0.677 e. The van der Waals surface area contributed by atoms with Gasteiger partial charge in [-0.15, -0.1) is 12.3 Å². The molecule has 0 saturated carbocycles. The number of carbonyl (C=O) groups is 1. The van der Waals surface area contributed by atoms with Crippen molar-refractivity contribution in [1.82, 2.24) is 0 Å². The monoisotopic (exact) mass is 372 g/mol. The SMILES string of the molecule is C#CC.CCC.CCC[NH-].[CH2-]CCCCC(=O)C(C)C.[Y]. The summed E-state index contributed by atoms with van der Waals surface area (Å²) in [6, 6.07) is 0. The van der Waals surface area contributed by atoms with Crippen LogP contribution >= 0.6 is 0 Å². The number of hydrogen-bond donors (Lipinski definition) is 0. The van der Waals surface area contributed by atoms with E-state index in [1.807, 2.05) is 20.8 Å². The molecule has 0 aliphatic rings. The number of nitrogens with one attached hydrogen (secondary N) is 1. The van der Waals surface area contributed by atoms with E-state index in [0.29, 0.717) is 12.3 Å². The van der Waals surface area contributed by atoms with Gasteiger partial charge in [-0.05, 0) is 13.3 Å². The number of ketones is 1. The molecule has 0 aromatic carbocycles. The van der Waals surface area contributed by atoms with Gasteiger partial charge in [-0.3, -0.25) is 4.79 Å². The Morgan fingerprint density at radius 2 is 1.57 bits per heavy atom. The van der Waals surface area contributed by atoms with Crippen molar-refractivity contribution >= 4 is 5.78 Å². The van der Waals surface area contributed by atoms with Crippen LogP contribution in [0.3, 0.4) is 0 Å². The molecule has 0 spiro atoms. The summed E-state index contributed by atoms with van der Waals surface area (Å²) < 4.78 is 0. The van der Waals surface area contributed by atoms with Crippen LogP contribution in [-0.4, -0.2) is 12.3 Å². The third-order valence-electron chi connectivity index (χ3n) is 1.82. The average molecular weight is 372 g/mol. The molecule has 0 heterocycles. The second kappa shape index (κ2) is 37.0. The summed E-state index contributed by atoms with van der Waals surface area (Å²) in [5.74, 6) is 2.85. The van der Waals surface area contributed by atoms with Crippen molar-refractivity contribution in [3.05, 3.63) is 12.7 Å². The van der Waals surface area contributed by atoms with Crippen LogP contribution in [0.2, 0.25) is 0 Å². The number of terminal acetylenes is 1. The zero-order valence-electron chi connectivity index (χ0n) is 15.3. The molecule has 0 fully saturated rings. The maximum Gasteiger partial charge on any atom is 0.135 e. The van der Waals surface area contributed by atoms with E-state index in [-0.39, 0.29) is 38.6 Å². The van der Waals surface area contributed by atoms with Crippen molar-refractivity contribution < 1.29 is 37.5 Å². The van der Waals surface area contributed by atoms with Crippen molar-refractivity contribution in [3.8, 4) is 12.3 Å². The maximum atomic E-state index is 11.0. The van der Waals surface area contributed by atoms with Crippen molar-refractivity contribution in [2.75, 3.05) is 6.54 Å². The smallest absolute Gasteiger partial charge is 0.135 e. The second-order valence-electron chi connectivity index (χ2n) is 4.68. The van der Waals surface area contributed by atoms with Crippen LogP contribution in [0.15, 0.2) is 0 Å². The van der Waals surface area contributed by atoms with Crippen molar-refractivity contribution in [3.63, 3.8) is 0 Å². The third kappa shape index (κ3) is 64.1. The molecule has 0 aromatic heterocycles. The fourth-order valence-electron chi connectivity index (χ4n) is 0.765. The van der Waals surface area contributed by atoms with Gasteiger partial charge in [0.1, 0.15) is 5.78 Å². The third-order valence-corrected chi connectivity index (χ3v) is 1.82. The van der Waals surface area contributed by atoms with Gasteiger partial charge in [0.25, 0.3) is 0 Å². The Morgan fingerprint density at radius 3 is 1.76 bits per heavy atom. The quantitative estimate of drug-likeness (QED) is 0.315. The summed E-state index contributed by atoms with van der Waals surface area (Å²) in [4.78, 5) is 11.0. The number of unbranched alkanes of at least 4 members (excludes halogenated alkanes) is 2. The zero-order chi connectivity index (χ0) is 16.8. The molecular weight excluding hydrogens is 335 g/mol. The number of hydrogen-bond acceptors (Lipinski definition) is 1. The Morgan fingerprint density at radius 1 is 1.24 bits per heavy atom. The van der Waals surface area contributed by atoms with Crippen LogP contribution in [0.5, 0.6) is 0 Å². The molecule has 125 valence electrons. The summed E-state index contributed by atoms with van der Waals surface area (Å²) in [5, 5.41) is 0. The van der Waals surface area contributed by atoms with Crippen LogP contribution < -0.4 is 0 Å². The second-order valence-corrected chi connectivity index (χ2v) is 4.68. The summed E-state index contributed by atoms with van der Waals surface area (Å²) in [5.41, 5.74) is 6.45. The van der Waals surface area contributed by atoms with E-state index in [9.17, 15) is 4.79 Å². The van der Waals surface area contributed by atoms with E-state index < -0.39 is 0 Å². The molecule has 2 nitrogen and oxygen atoms in total. The van der Waals surface area contributed by atoms with E-state index >= 15 is 0 Å². The Hall–Kier alpha value is 0.294. The minimum atomic E-state index is 0. The summed E-state index contributed by atoms with van der Waals surface area (Å²) in [6.45, 7) is 16.1. The largest absolute Gasteiger partial charge is 0.677 e. The normalized spacial score (nSPS) is 7.62. The molecule has 0 bridgehead atoms. The number of Topliss-reactive ketones (excluding diaryl/α,β-unsaturated/α-hetero) is 1. The molecule has 0 rings (SSSR count). The van der Waals surface area contributed by atoms with Gasteiger partial charge < -0.3 is 12.7 Å². The summed E-state index contributed by atoms with van der Waals surface area (Å²) in [7, 11) is 0. The van der Waals surface area contributed by atoms with Gasteiger partial charge in [0.15, 0.2) is 0 Å². The fourth-order valence-corrected chi connectivity index (χ4v) is 0.765. The first-order valence-corrected chi connectivity index (χ1v) is 7.76. The van der Waals surface area contributed by atoms with Crippen LogP contribution in [0.4, 0.5) is 0 Å². The van der Waals surface area contributed by atoms with Crippen LogP contribution in [0, 0.1) is 25.2 Å². The van der Waals surface area contributed by atoms with Crippen molar-refractivity contribution in [2.24, 2.45) is 5.92 Å². The minimum absolute atomic E-state index is 0. The number of rotatable bonds is 6. The first-order chi connectivity index (χ1) is 9.42. The molecular formula is C18H37NOY-2. The molecule has 0 aromatic rings. The van der Waals surface area contributed by atoms with E-state index in [0.717, 1.165) is 32.1 Å². The van der Waals surface area contributed by atoms with Gasteiger partial charge >= 0.3 is 0 Å². The first-order valence-electron chi connectivity index (χ1n) is 7.76. The van der Waals surface area contributed by atoms with Crippen molar-refractivity contribution in [1.29, 1.82) is 0 Å². The fraction of sp³-hybridized carbons (Fsp3) is 0.778. The van der Waals surface area contributed by atoms with Gasteiger partial charge in [0.05, 0.1) is 0 Å². The molecule has 0 unspecified atom stereocenters. The molecule has 0 atom stereocenters. The molecule has 0 saturated heterocycles. The van der Waals surface area contributed by atoms with Crippen LogP contribution in [-0.2, 0) is 37.5 Å². The Kier molecular flexibility index (Phi) is 58.2. The van der Waals surface area contributed by atoms with E-state index in [2.05, 4.69) is 33.1 Å².